The fourth-order valence-corrected chi connectivity index (χ4v) is 1.62. The quantitative estimate of drug-likeness (QED) is 0.890. The van der Waals surface area contributed by atoms with Crippen LogP contribution in [0.15, 0.2) is 61.1 Å². The van der Waals surface area contributed by atoms with Crippen LogP contribution >= 0.6 is 0 Å². The average Bonchev–Trinajstić information content (AvgIpc) is 2.50. The van der Waals surface area contributed by atoms with Gasteiger partial charge in [0.05, 0.1) is 29.1 Å². The molecule has 0 unspecified atom stereocenters. The van der Waals surface area contributed by atoms with Crippen LogP contribution in [0.2, 0.25) is 0 Å². The molecule has 0 aliphatic rings. The van der Waals surface area contributed by atoms with E-state index in [1.54, 1.807) is 36.7 Å². The minimum Gasteiger partial charge on any atom is -0.306 e. The third kappa shape index (κ3) is 5.05. The van der Waals surface area contributed by atoms with Gasteiger partial charge in [0.1, 0.15) is 0 Å². The predicted molar refractivity (Wildman–Crippen MR) is 89.0 cm³/mol. The molecule has 0 saturated carbocycles. The lowest BCUT2D eigenvalue weighted by Gasteiger charge is -2.05. The number of carbonyl (C=O) groups excluding carboxylic acids is 1. The standard InChI is InChI=1S/C17H16N4O/c1-13-6-3-4-7-14(2)19-12-16(10-13)21-17(22)20-15-8-5-9-18-11-15/h3-12H,1-2H2,(H2,20,21,22). The first-order valence-corrected chi connectivity index (χ1v) is 6.60. The highest BCUT2D eigenvalue weighted by atomic mass is 16.2. The summed E-state index contributed by atoms with van der Waals surface area (Å²) in [4.78, 5) is 20.1. The van der Waals surface area contributed by atoms with Crippen molar-refractivity contribution in [3.05, 3.63) is 71.6 Å². The molecule has 0 aromatic carbocycles. The smallest absolute Gasteiger partial charge is 0.306 e. The van der Waals surface area contributed by atoms with E-state index < -0.39 is 0 Å². The Balaban J connectivity index is 2.24. The van der Waals surface area contributed by atoms with Crippen molar-refractivity contribution in [3.63, 3.8) is 0 Å². The molecular formula is C17H16N4O. The Morgan fingerprint density at radius 2 is 1.73 bits per heavy atom. The third-order valence-corrected chi connectivity index (χ3v) is 2.60. The van der Waals surface area contributed by atoms with Crippen molar-refractivity contribution in [2.45, 2.75) is 0 Å². The largest absolute Gasteiger partial charge is 0.323 e. The first-order valence-electron chi connectivity index (χ1n) is 6.60. The Kier molecular flexibility index (Phi) is 5.20. The molecule has 0 aliphatic carbocycles. The molecule has 0 atom stereocenters. The molecule has 2 N–H and O–H groups in total. The van der Waals surface area contributed by atoms with Gasteiger partial charge in [0, 0.05) is 6.20 Å². The molecular weight excluding hydrogens is 276 g/mol. The maximum Gasteiger partial charge on any atom is 0.323 e. The number of hydrogen-bond acceptors (Lipinski definition) is 3. The van der Waals surface area contributed by atoms with E-state index in [9.17, 15) is 4.79 Å². The first kappa shape index (κ1) is 15.2. The van der Waals surface area contributed by atoms with Gasteiger partial charge >= 0.3 is 6.03 Å². The van der Waals surface area contributed by atoms with Crippen LogP contribution in [-0.4, -0.2) is 16.0 Å². The molecule has 2 heterocycles. The molecule has 5 nitrogen and oxygen atoms in total. The summed E-state index contributed by atoms with van der Waals surface area (Å²) in [6.07, 6.45) is 4.72. The van der Waals surface area contributed by atoms with Crippen molar-refractivity contribution < 1.29 is 4.79 Å². The number of nitrogens with zero attached hydrogens (tertiary/aromatic N) is 2. The van der Waals surface area contributed by atoms with Crippen molar-refractivity contribution >= 4 is 30.6 Å². The lowest BCUT2D eigenvalue weighted by atomic mass is 10.3. The van der Waals surface area contributed by atoms with Gasteiger partial charge in [0.2, 0.25) is 0 Å². The zero-order valence-corrected chi connectivity index (χ0v) is 12.0. The summed E-state index contributed by atoms with van der Waals surface area (Å²) in [6, 6.07) is 12.1. The van der Waals surface area contributed by atoms with E-state index in [0.717, 1.165) is 5.22 Å². The van der Waals surface area contributed by atoms with Gasteiger partial charge in [0.15, 0.2) is 0 Å². The van der Waals surface area contributed by atoms with Crippen LogP contribution in [-0.2, 0) is 0 Å². The second-order valence-electron chi connectivity index (χ2n) is 4.46. The normalized spacial score (nSPS) is 9.45. The summed E-state index contributed by atoms with van der Waals surface area (Å²) in [5, 5.41) is 6.71. The molecule has 2 aromatic rings. The van der Waals surface area contributed by atoms with E-state index >= 15 is 0 Å². The summed E-state index contributed by atoms with van der Waals surface area (Å²) in [7, 11) is 0. The highest BCUT2D eigenvalue weighted by Crippen LogP contribution is 2.04. The molecule has 2 amide bonds. The minimum absolute atomic E-state index is 0.388. The van der Waals surface area contributed by atoms with Crippen molar-refractivity contribution in [2.24, 2.45) is 0 Å². The highest BCUT2D eigenvalue weighted by molar-refractivity contribution is 5.99. The Morgan fingerprint density at radius 3 is 2.50 bits per heavy atom. The van der Waals surface area contributed by atoms with Crippen LogP contribution in [0.3, 0.4) is 0 Å². The van der Waals surface area contributed by atoms with Crippen LogP contribution in [0.25, 0.3) is 13.2 Å². The summed E-state index contributed by atoms with van der Waals surface area (Å²) in [6.45, 7) is 7.67. The van der Waals surface area contributed by atoms with Crippen molar-refractivity contribution in [1.29, 1.82) is 0 Å². The lowest BCUT2D eigenvalue weighted by Crippen LogP contribution is -2.20. The molecule has 110 valence electrons. The number of nitrogens with one attached hydrogen (secondary N) is 2. The Labute approximate surface area is 128 Å². The fraction of sp³-hybridized carbons (Fsp3) is 0. The predicted octanol–water partition coefficient (Wildman–Crippen LogP) is 2.07. The first-order chi connectivity index (χ1) is 10.6. The van der Waals surface area contributed by atoms with Crippen LogP contribution in [0.5, 0.6) is 0 Å². The number of urea groups is 1. The Morgan fingerprint density at radius 1 is 0.955 bits per heavy atom. The number of rotatable bonds is 2. The second kappa shape index (κ2) is 7.54. The Hall–Kier alpha value is -3.21. The van der Waals surface area contributed by atoms with Gasteiger partial charge in [-0.05, 0) is 29.5 Å². The number of carbonyl (C=O) groups is 1. The van der Waals surface area contributed by atoms with E-state index in [2.05, 4.69) is 33.8 Å². The van der Waals surface area contributed by atoms with Gasteiger partial charge in [-0.15, -0.1) is 0 Å². The number of amides is 2. The molecule has 0 bridgehead atoms. The van der Waals surface area contributed by atoms with Crippen molar-refractivity contribution in [1.82, 2.24) is 9.97 Å². The number of aromatic nitrogens is 2. The topological polar surface area (TPSA) is 66.9 Å². The summed E-state index contributed by atoms with van der Waals surface area (Å²) in [5.74, 6) is 0. The van der Waals surface area contributed by atoms with Gasteiger partial charge < -0.3 is 10.6 Å². The molecule has 2 rings (SSSR count). The van der Waals surface area contributed by atoms with Crippen LogP contribution in [0, 0.1) is 0 Å². The second-order valence-corrected chi connectivity index (χ2v) is 4.46. The van der Waals surface area contributed by atoms with Gasteiger partial charge in [-0.2, -0.15) is 0 Å². The van der Waals surface area contributed by atoms with Crippen molar-refractivity contribution in [3.8, 4) is 0 Å². The zero-order chi connectivity index (χ0) is 15.8. The van der Waals surface area contributed by atoms with Gasteiger partial charge in [-0.1, -0.05) is 31.4 Å². The van der Waals surface area contributed by atoms with E-state index in [0.29, 0.717) is 16.7 Å². The molecule has 0 radical (unpaired) electrons. The van der Waals surface area contributed by atoms with Crippen LogP contribution < -0.4 is 21.2 Å². The molecule has 0 saturated heterocycles. The summed E-state index contributed by atoms with van der Waals surface area (Å²) < 4.78 is 0. The number of pyridine rings is 1. The number of anilines is 2. The van der Waals surface area contributed by atoms with Gasteiger partial charge in [-0.25, -0.2) is 4.79 Å². The number of hydrogen-bond donors (Lipinski definition) is 2. The van der Waals surface area contributed by atoms with Crippen molar-refractivity contribution in [2.75, 3.05) is 10.6 Å². The van der Waals surface area contributed by atoms with Crippen LogP contribution in [0.4, 0.5) is 16.2 Å². The zero-order valence-electron chi connectivity index (χ0n) is 12.0. The van der Waals surface area contributed by atoms with E-state index in [4.69, 9.17) is 0 Å². The molecule has 2 aromatic heterocycles. The van der Waals surface area contributed by atoms with E-state index in [1.807, 2.05) is 18.2 Å². The molecule has 0 spiro atoms. The van der Waals surface area contributed by atoms with E-state index in [-0.39, 0.29) is 6.03 Å². The van der Waals surface area contributed by atoms with E-state index in [1.165, 1.54) is 6.20 Å². The lowest BCUT2D eigenvalue weighted by molar-refractivity contribution is 0.262. The SMILES string of the molecule is C=c1ccccc(=C)ncc(NC(=O)Nc2cccnc2)c1. The third-order valence-electron chi connectivity index (χ3n) is 2.60. The van der Waals surface area contributed by atoms with Crippen LogP contribution in [0.1, 0.15) is 0 Å². The van der Waals surface area contributed by atoms with Gasteiger partial charge in [-0.3, -0.25) is 9.97 Å². The maximum absolute atomic E-state index is 12.0. The highest BCUT2D eigenvalue weighted by Gasteiger charge is 2.01. The minimum atomic E-state index is -0.388. The Bertz CT molecular complexity index is 804. The molecule has 22 heavy (non-hydrogen) atoms. The molecule has 5 heteroatoms. The monoisotopic (exact) mass is 292 g/mol. The molecule has 0 fully saturated rings. The summed E-state index contributed by atoms with van der Waals surface area (Å²) in [5.41, 5.74) is 1.11. The van der Waals surface area contributed by atoms with Gasteiger partial charge in [0.25, 0.3) is 0 Å². The summed E-state index contributed by atoms with van der Waals surface area (Å²) >= 11 is 0. The molecule has 0 aliphatic heterocycles. The maximum atomic E-state index is 12.0. The fourth-order valence-electron chi connectivity index (χ4n) is 1.62. The average molecular weight is 292 g/mol.